The van der Waals surface area contributed by atoms with Gasteiger partial charge in [0, 0.05) is 0 Å². The van der Waals surface area contributed by atoms with Crippen LogP contribution >= 0.6 is 0 Å². The molecule has 0 fully saturated rings. The van der Waals surface area contributed by atoms with E-state index in [9.17, 15) is 9.59 Å². The predicted octanol–water partition coefficient (Wildman–Crippen LogP) is 3.38. The molecule has 0 unspecified atom stereocenters. The van der Waals surface area contributed by atoms with Crippen molar-refractivity contribution in [1.29, 1.82) is 0 Å². The van der Waals surface area contributed by atoms with Crippen LogP contribution in [0.2, 0.25) is 0 Å². The molecule has 98 valence electrons. The SMILES string of the molecule is CCc1cc(C)cc(CC)c1C(C(C)=O)C(C)=O. The molecule has 0 aliphatic heterocycles. The zero-order chi connectivity index (χ0) is 13.9. The Bertz CT molecular complexity index is 433. The summed E-state index contributed by atoms with van der Waals surface area (Å²) in [7, 11) is 0. The zero-order valence-electron chi connectivity index (χ0n) is 12.0. The summed E-state index contributed by atoms with van der Waals surface area (Å²) >= 11 is 0. The minimum absolute atomic E-state index is 0.0595. The van der Waals surface area contributed by atoms with Gasteiger partial charge in [-0.3, -0.25) is 9.59 Å². The molecular weight excluding hydrogens is 224 g/mol. The van der Waals surface area contributed by atoms with Crippen molar-refractivity contribution >= 4 is 11.6 Å². The number of carbonyl (C=O) groups excluding carboxylic acids is 2. The molecule has 0 aliphatic rings. The highest BCUT2D eigenvalue weighted by molar-refractivity contribution is 6.06. The van der Waals surface area contributed by atoms with E-state index in [-0.39, 0.29) is 11.6 Å². The average Bonchev–Trinajstić information content (AvgIpc) is 2.29. The van der Waals surface area contributed by atoms with Gasteiger partial charge in [-0.1, -0.05) is 31.5 Å². The van der Waals surface area contributed by atoms with E-state index in [2.05, 4.69) is 32.9 Å². The lowest BCUT2D eigenvalue weighted by molar-refractivity contribution is -0.126. The van der Waals surface area contributed by atoms with Gasteiger partial charge in [0.15, 0.2) is 0 Å². The van der Waals surface area contributed by atoms with Crippen molar-refractivity contribution < 1.29 is 9.59 Å². The Morgan fingerprint density at radius 3 is 1.67 bits per heavy atom. The second-order valence-corrected chi connectivity index (χ2v) is 4.86. The fourth-order valence-electron chi connectivity index (χ4n) is 2.60. The first kappa shape index (κ1) is 14.6. The summed E-state index contributed by atoms with van der Waals surface area (Å²) in [5, 5.41) is 0. The lowest BCUT2D eigenvalue weighted by atomic mass is 9.82. The van der Waals surface area contributed by atoms with Crippen LogP contribution in [0.25, 0.3) is 0 Å². The van der Waals surface area contributed by atoms with Crippen LogP contribution in [0.15, 0.2) is 12.1 Å². The summed E-state index contributed by atoms with van der Waals surface area (Å²) in [6, 6.07) is 4.18. The first-order chi connectivity index (χ1) is 8.42. The number of benzene rings is 1. The minimum atomic E-state index is -0.588. The van der Waals surface area contributed by atoms with Crippen molar-refractivity contribution in [1.82, 2.24) is 0 Å². The number of ketones is 2. The molecule has 0 spiro atoms. The number of hydrogen-bond donors (Lipinski definition) is 0. The van der Waals surface area contributed by atoms with Crippen LogP contribution < -0.4 is 0 Å². The largest absolute Gasteiger partial charge is 0.299 e. The van der Waals surface area contributed by atoms with Crippen LogP contribution in [-0.4, -0.2) is 11.6 Å². The first-order valence-electron chi connectivity index (χ1n) is 6.55. The molecule has 18 heavy (non-hydrogen) atoms. The Labute approximate surface area is 109 Å². The van der Waals surface area contributed by atoms with Crippen LogP contribution in [0.5, 0.6) is 0 Å². The van der Waals surface area contributed by atoms with Crippen LogP contribution in [0.4, 0.5) is 0 Å². The van der Waals surface area contributed by atoms with Gasteiger partial charge in [-0.2, -0.15) is 0 Å². The number of rotatable bonds is 5. The van der Waals surface area contributed by atoms with E-state index in [0.717, 1.165) is 29.5 Å². The highest BCUT2D eigenvalue weighted by Crippen LogP contribution is 2.28. The molecular formula is C16H22O2. The van der Waals surface area contributed by atoms with Crippen LogP contribution in [0.3, 0.4) is 0 Å². The molecule has 1 aromatic rings. The number of hydrogen-bond acceptors (Lipinski definition) is 2. The van der Waals surface area contributed by atoms with E-state index >= 15 is 0 Å². The average molecular weight is 246 g/mol. The molecule has 0 atom stereocenters. The van der Waals surface area contributed by atoms with Gasteiger partial charge in [0.05, 0.1) is 0 Å². The van der Waals surface area contributed by atoms with E-state index < -0.39 is 5.92 Å². The Morgan fingerprint density at radius 2 is 1.39 bits per heavy atom. The van der Waals surface area contributed by atoms with Gasteiger partial charge in [0.25, 0.3) is 0 Å². The van der Waals surface area contributed by atoms with Gasteiger partial charge in [-0.15, -0.1) is 0 Å². The summed E-state index contributed by atoms with van der Waals surface area (Å²) in [6.45, 7) is 9.19. The number of aryl methyl sites for hydroxylation is 3. The first-order valence-corrected chi connectivity index (χ1v) is 6.55. The molecule has 0 aromatic heterocycles. The second kappa shape index (κ2) is 5.94. The summed E-state index contributed by atoms with van der Waals surface area (Å²) in [5.41, 5.74) is 4.40. The fraction of sp³-hybridized carbons (Fsp3) is 0.500. The summed E-state index contributed by atoms with van der Waals surface area (Å²) in [6.07, 6.45) is 1.70. The Morgan fingerprint density at radius 1 is 1.00 bits per heavy atom. The molecule has 1 aromatic carbocycles. The normalized spacial score (nSPS) is 10.8. The summed E-state index contributed by atoms with van der Waals surface area (Å²) in [5.74, 6) is -0.706. The fourth-order valence-corrected chi connectivity index (χ4v) is 2.60. The molecule has 2 nitrogen and oxygen atoms in total. The third-order valence-corrected chi connectivity index (χ3v) is 3.36. The van der Waals surface area contributed by atoms with E-state index in [0.29, 0.717) is 0 Å². The molecule has 0 aliphatic carbocycles. The van der Waals surface area contributed by atoms with E-state index in [1.165, 1.54) is 19.4 Å². The Balaban J connectivity index is 3.53. The quantitative estimate of drug-likeness (QED) is 0.746. The van der Waals surface area contributed by atoms with Gasteiger partial charge in [-0.25, -0.2) is 0 Å². The molecule has 0 bridgehead atoms. The zero-order valence-corrected chi connectivity index (χ0v) is 12.0. The van der Waals surface area contributed by atoms with Gasteiger partial charge >= 0.3 is 0 Å². The lowest BCUT2D eigenvalue weighted by Gasteiger charge is -2.20. The third-order valence-electron chi connectivity index (χ3n) is 3.36. The van der Waals surface area contributed by atoms with Gasteiger partial charge in [-0.05, 0) is 50.3 Å². The molecule has 0 amide bonds. The standard InChI is InChI=1S/C16H22O2/c1-6-13-8-10(3)9-14(7-2)16(13)15(11(4)17)12(5)18/h8-9,15H,6-7H2,1-5H3. The van der Waals surface area contributed by atoms with Crippen molar-refractivity contribution in [3.63, 3.8) is 0 Å². The van der Waals surface area contributed by atoms with Gasteiger partial charge < -0.3 is 0 Å². The Kier molecular flexibility index (Phi) is 4.83. The molecule has 0 saturated carbocycles. The monoisotopic (exact) mass is 246 g/mol. The number of carbonyl (C=O) groups is 2. The summed E-state index contributed by atoms with van der Waals surface area (Å²) < 4.78 is 0. The van der Waals surface area contributed by atoms with Crippen LogP contribution in [0, 0.1) is 6.92 Å². The maximum Gasteiger partial charge on any atom is 0.144 e. The smallest absolute Gasteiger partial charge is 0.144 e. The van der Waals surface area contributed by atoms with Crippen molar-refractivity contribution in [2.75, 3.05) is 0 Å². The predicted molar refractivity (Wildman–Crippen MR) is 74.0 cm³/mol. The third kappa shape index (κ3) is 2.87. The molecule has 2 heteroatoms. The van der Waals surface area contributed by atoms with Crippen molar-refractivity contribution in [3.05, 3.63) is 34.4 Å². The second-order valence-electron chi connectivity index (χ2n) is 4.86. The lowest BCUT2D eigenvalue weighted by Crippen LogP contribution is -2.20. The van der Waals surface area contributed by atoms with Crippen LogP contribution in [0.1, 0.15) is 55.9 Å². The van der Waals surface area contributed by atoms with E-state index in [4.69, 9.17) is 0 Å². The highest BCUT2D eigenvalue weighted by atomic mass is 16.1. The molecule has 0 N–H and O–H groups in total. The highest BCUT2D eigenvalue weighted by Gasteiger charge is 2.26. The van der Waals surface area contributed by atoms with E-state index in [1.54, 1.807) is 0 Å². The molecule has 0 heterocycles. The van der Waals surface area contributed by atoms with E-state index in [1.807, 2.05) is 0 Å². The number of Topliss-reactive ketones (excluding diaryl/α,β-unsaturated/α-hetero) is 2. The van der Waals surface area contributed by atoms with Crippen LogP contribution in [-0.2, 0) is 22.4 Å². The van der Waals surface area contributed by atoms with Crippen molar-refractivity contribution in [2.45, 2.75) is 53.4 Å². The summed E-state index contributed by atoms with van der Waals surface area (Å²) in [4.78, 5) is 23.6. The molecule has 0 saturated heterocycles. The van der Waals surface area contributed by atoms with Crippen molar-refractivity contribution in [3.8, 4) is 0 Å². The maximum absolute atomic E-state index is 11.8. The maximum atomic E-state index is 11.8. The molecule has 0 radical (unpaired) electrons. The topological polar surface area (TPSA) is 34.1 Å². The minimum Gasteiger partial charge on any atom is -0.299 e. The van der Waals surface area contributed by atoms with Crippen molar-refractivity contribution in [2.24, 2.45) is 0 Å². The van der Waals surface area contributed by atoms with Gasteiger partial charge in [0.1, 0.15) is 17.5 Å². The Hall–Kier alpha value is -1.44. The molecule has 1 rings (SSSR count). The van der Waals surface area contributed by atoms with Gasteiger partial charge in [0.2, 0.25) is 0 Å².